The fourth-order valence-corrected chi connectivity index (χ4v) is 3.83. The molecule has 1 saturated heterocycles. The summed E-state index contributed by atoms with van der Waals surface area (Å²) in [5.74, 6) is 0. The van der Waals surface area contributed by atoms with E-state index in [2.05, 4.69) is 7.05 Å². The van der Waals surface area contributed by atoms with Crippen molar-refractivity contribution >= 4 is 0 Å². The molecule has 2 fully saturated rings. The van der Waals surface area contributed by atoms with Gasteiger partial charge in [0.2, 0.25) is 0 Å². The highest BCUT2D eigenvalue weighted by atomic mass is 15.4. The Kier molecular flexibility index (Phi) is 4.69. The molecule has 2 rings (SSSR count). The zero-order chi connectivity index (χ0) is 11.3. The van der Waals surface area contributed by atoms with Crippen LogP contribution in [-0.4, -0.2) is 30.7 Å². The Bertz CT molecular complexity index is 184. The fraction of sp³-hybridized carbons (Fsp3) is 1.00. The minimum absolute atomic E-state index is 1.00. The third kappa shape index (κ3) is 3.23. The molecule has 1 nitrogen and oxygen atoms in total. The number of quaternary nitrogens is 1. The predicted octanol–water partition coefficient (Wildman–Crippen LogP) is 4.12. The van der Waals surface area contributed by atoms with E-state index in [1.807, 2.05) is 0 Å². The normalized spacial score (nSPS) is 29.1. The van der Waals surface area contributed by atoms with Crippen molar-refractivity contribution in [1.29, 1.82) is 0 Å². The summed E-state index contributed by atoms with van der Waals surface area (Å²) in [5, 5.41) is 0. The quantitative estimate of drug-likeness (QED) is 0.588. The molecule has 0 amide bonds. The minimum atomic E-state index is 1.00. The van der Waals surface area contributed by atoms with Gasteiger partial charge in [-0.2, -0.15) is 0 Å². The van der Waals surface area contributed by atoms with Crippen molar-refractivity contribution in [2.24, 2.45) is 0 Å². The van der Waals surface area contributed by atoms with Crippen molar-refractivity contribution in [3.8, 4) is 0 Å². The van der Waals surface area contributed by atoms with Crippen molar-refractivity contribution in [2.45, 2.75) is 76.7 Å². The summed E-state index contributed by atoms with van der Waals surface area (Å²) in [5.41, 5.74) is 0. The number of likely N-dealkylation sites (tertiary alicyclic amines) is 1. The highest BCUT2D eigenvalue weighted by Gasteiger charge is 2.34. The Morgan fingerprint density at radius 2 is 1.06 bits per heavy atom. The summed E-state index contributed by atoms with van der Waals surface area (Å²) < 4.78 is 1.42. The molecule has 0 N–H and O–H groups in total. The summed E-state index contributed by atoms with van der Waals surface area (Å²) in [6.45, 7) is 2.93. The molecule has 94 valence electrons. The summed E-state index contributed by atoms with van der Waals surface area (Å²) >= 11 is 0. The summed E-state index contributed by atoms with van der Waals surface area (Å²) in [6, 6.07) is 1.00. The van der Waals surface area contributed by atoms with Gasteiger partial charge in [-0.15, -0.1) is 0 Å². The van der Waals surface area contributed by atoms with E-state index < -0.39 is 0 Å². The van der Waals surface area contributed by atoms with E-state index >= 15 is 0 Å². The fourth-order valence-electron chi connectivity index (χ4n) is 3.83. The van der Waals surface area contributed by atoms with Crippen LogP contribution in [0.25, 0.3) is 0 Å². The van der Waals surface area contributed by atoms with Crippen molar-refractivity contribution < 1.29 is 4.48 Å². The van der Waals surface area contributed by atoms with Crippen LogP contribution >= 0.6 is 0 Å². The Labute approximate surface area is 102 Å². The zero-order valence-electron chi connectivity index (χ0n) is 11.2. The van der Waals surface area contributed by atoms with Crippen LogP contribution in [0.15, 0.2) is 0 Å². The molecular formula is C15H30N+. The molecule has 0 atom stereocenters. The highest BCUT2D eigenvalue weighted by molar-refractivity contribution is 4.66. The Hall–Kier alpha value is -0.0400. The van der Waals surface area contributed by atoms with Crippen LogP contribution in [0.3, 0.4) is 0 Å². The van der Waals surface area contributed by atoms with Gasteiger partial charge in [-0.1, -0.05) is 32.1 Å². The van der Waals surface area contributed by atoms with Gasteiger partial charge >= 0.3 is 0 Å². The van der Waals surface area contributed by atoms with Crippen LogP contribution in [0.5, 0.6) is 0 Å². The maximum atomic E-state index is 2.53. The van der Waals surface area contributed by atoms with Gasteiger partial charge in [-0.05, 0) is 25.7 Å². The smallest absolute Gasteiger partial charge is 0.0888 e. The predicted molar refractivity (Wildman–Crippen MR) is 70.5 cm³/mol. The minimum Gasteiger partial charge on any atom is -0.324 e. The lowest BCUT2D eigenvalue weighted by molar-refractivity contribution is -0.923. The van der Waals surface area contributed by atoms with E-state index in [0.717, 1.165) is 6.04 Å². The van der Waals surface area contributed by atoms with E-state index in [9.17, 15) is 0 Å². The Morgan fingerprint density at radius 3 is 1.56 bits per heavy atom. The second kappa shape index (κ2) is 6.05. The van der Waals surface area contributed by atoms with Crippen LogP contribution in [0.4, 0.5) is 0 Å². The molecule has 1 heterocycles. The number of hydrogen-bond donors (Lipinski definition) is 0. The maximum absolute atomic E-state index is 2.53. The molecule has 0 unspecified atom stereocenters. The van der Waals surface area contributed by atoms with Crippen LogP contribution in [0.1, 0.15) is 70.6 Å². The van der Waals surface area contributed by atoms with E-state index in [-0.39, 0.29) is 0 Å². The van der Waals surface area contributed by atoms with Gasteiger partial charge in [0.25, 0.3) is 0 Å². The molecule has 16 heavy (non-hydrogen) atoms. The molecule has 0 radical (unpaired) electrons. The average molecular weight is 224 g/mol. The third-order valence-electron chi connectivity index (χ3n) is 5.04. The maximum Gasteiger partial charge on any atom is 0.0888 e. The molecule has 1 heteroatoms. The molecule has 2 aliphatic rings. The van der Waals surface area contributed by atoms with Crippen LogP contribution in [0, 0.1) is 0 Å². The molecule has 0 spiro atoms. The first kappa shape index (κ1) is 12.4. The summed E-state index contributed by atoms with van der Waals surface area (Å²) in [6.07, 6.45) is 16.5. The molecule has 1 aliphatic carbocycles. The number of nitrogens with zero attached hydrogens (tertiary/aromatic N) is 1. The van der Waals surface area contributed by atoms with Gasteiger partial charge in [-0.3, -0.25) is 0 Å². The van der Waals surface area contributed by atoms with Crippen molar-refractivity contribution in [3.05, 3.63) is 0 Å². The molecule has 0 aromatic heterocycles. The average Bonchev–Trinajstić information content (AvgIpc) is 2.74. The van der Waals surface area contributed by atoms with E-state index in [1.165, 1.54) is 88.2 Å². The van der Waals surface area contributed by atoms with E-state index in [4.69, 9.17) is 0 Å². The standard InChI is InChI=1S/C15H30N/c1-16(13-9-10-14-16)15-11-7-5-3-2-4-6-8-12-15/h15H,2-14H2,1H3/q+1. The van der Waals surface area contributed by atoms with Crippen LogP contribution in [-0.2, 0) is 0 Å². The molecular weight excluding hydrogens is 194 g/mol. The molecule has 0 bridgehead atoms. The highest BCUT2D eigenvalue weighted by Crippen LogP contribution is 2.29. The second-order valence-electron chi connectivity index (χ2n) is 6.34. The number of rotatable bonds is 1. The first-order chi connectivity index (χ1) is 7.81. The molecule has 0 aromatic carbocycles. The molecule has 1 aliphatic heterocycles. The van der Waals surface area contributed by atoms with E-state index in [1.54, 1.807) is 0 Å². The lowest BCUT2D eigenvalue weighted by Gasteiger charge is -2.38. The molecule has 1 saturated carbocycles. The zero-order valence-corrected chi connectivity index (χ0v) is 11.2. The monoisotopic (exact) mass is 224 g/mol. The van der Waals surface area contributed by atoms with E-state index in [0.29, 0.717) is 0 Å². The summed E-state index contributed by atoms with van der Waals surface area (Å²) in [4.78, 5) is 0. The lowest BCUT2D eigenvalue weighted by Crippen LogP contribution is -2.49. The van der Waals surface area contributed by atoms with Crippen LogP contribution < -0.4 is 0 Å². The van der Waals surface area contributed by atoms with Gasteiger partial charge in [-0.25, -0.2) is 0 Å². The third-order valence-corrected chi connectivity index (χ3v) is 5.04. The number of hydrogen-bond acceptors (Lipinski definition) is 0. The first-order valence-electron chi connectivity index (χ1n) is 7.65. The van der Waals surface area contributed by atoms with Gasteiger partial charge in [0.15, 0.2) is 0 Å². The largest absolute Gasteiger partial charge is 0.324 e. The molecule has 0 aromatic rings. The second-order valence-corrected chi connectivity index (χ2v) is 6.34. The topological polar surface area (TPSA) is 0 Å². The van der Waals surface area contributed by atoms with Gasteiger partial charge in [0.1, 0.15) is 0 Å². The van der Waals surface area contributed by atoms with Crippen molar-refractivity contribution in [1.82, 2.24) is 0 Å². The lowest BCUT2D eigenvalue weighted by atomic mass is 9.95. The van der Waals surface area contributed by atoms with Gasteiger partial charge < -0.3 is 4.48 Å². The van der Waals surface area contributed by atoms with Gasteiger partial charge in [0, 0.05) is 12.8 Å². The van der Waals surface area contributed by atoms with Crippen LogP contribution in [0.2, 0.25) is 0 Å². The first-order valence-corrected chi connectivity index (χ1v) is 7.65. The van der Waals surface area contributed by atoms with Crippen molar-refractivity contribution in [3.63, 3.8) is 0 Å². The summed E-state index contributed by atoms with van der Waals surface area (Å²) in [7, 11) is 2.53. The Morgan fingerprint density at radius 1 is 0.625 bits per heavy atom. The SMILES string of the molecule is C[N+]1(C2CCCCCCCCC2)CCCC1. The Balaban J connectivity index is 1.88. The van der Waals surface area contributed by atoms with Crippen molar-refractivity contribution in [2.75, 3.05) is 20.1 Å². The van der Waals surface area contributed by atoms with Gasteiger partial charge in [0.05, 0.1) is 26.2 Å².